The maximum atomic E-state index is 12.9. The van der Waals surface area contributed by atoms with Crippen LogP contribution < -0.4 is 0 Å². The van der Waals surface area contributed by atoms with Crippen LogP contribution in [-0.2, 0) is 24.2 Å². The SMILES string of the molecule is Cc1c(CC(=O)N(C)CCO)c2c(n1CC(C)C)CC(C)(C)CC2=O. The summed E-state index contributed by atoms with van der Waals surface area (Å²) < 4.78 is 2.26. The van der Waals surface area contributed by atoms with E-state index in [1.807, 2.05) is 6.92 Å². The average molecular weight is 348 g/mol. The van der Waals surface area contributed by atoms with E-state index in [0.29, 0.717) is 18.9 Å². The monoisotopic (exact) mass is 348 g/mol. The number of nitrogens with zero attached hydrogens (tertiary/aromatic N) is 2. The Kier molecular flexibility index (Phi) is 5.77. The van der Waals surface area contributed by atoms with Gasteiger partial charge in [0.25, 0.3) is 0 Å². The molecule has 1 N–H and O–H groups in total. The van der Waals surface area contributed by atoms with Crippen molar-refractivity contribution in [3.63, 3.8) is 0 Å². The first-order valence-electron chi connectivity index (χ1n) is 9.16. The largest absolute Gasteiger partial charge is 0.395 e. The highest BCUT2D eigenvalue weighted by molar-refractivity contribution is 6.01. The van der Waals surface area contributed by atoms with Crippen molar-refractivity contribution in [2.24, 2.45) is 11.3 Å². The van der Waals surface area contributed by atoms with Crippen molar-refractivity contribution < 1.29 is 14.7 Å². The molecule has 0 radical (unpaired) electrons. The van der Waals surface area contributed by atoms with Gasteiger partial charge in [0.2, 0.25) is 5.91 Å². The summed E-state index contributed by atoms with van der Waals surface area (Å²) in [6.45, 7) is 11.7. The van der Waals surface area contributed by atoms with Gasteiger partial charge in [0, 0.05) is 43.5 Å². The summed E-state index contributed by atoms with van der Waals surface area (Å²) in [6.07, 6.45) is 1.61. The van der Waals surface area contributed by atoms with Gasteiger partial charge < -0.3 is 14.6 Å². The molecule has 1 heterocycles. The van der Waals surface area contributed by atoms with Crippen LogP contribution in [0.2, 0.25) is 0 Å². The highest BCUT2D eigenvalue weighted by Gasteiger charge is 2.37. The molecule has 1 amide bonds. The summed E-state index contributed by atoms with van der Waals surface area (Å²) in [5, 5.41) is 9.05. The lowest BCUT2D eigenvalue weighted by Crippen LogP contribution is -2.32. The highest BCUT2D eigenvalue weighted by Crippen LogP contribution is 2.39. The van der Waals surface area contributed by atoms with Crippen LogP contribution in [0.4, 0.5) is 0 Å². The number of likely N-dealkylation sites (N-methyl/N-ethyl adjacent to an activating group) is 1. The van der Waals surface area contributed by atoms with E-state index >= 15 is 0 Å². The Morgan fingerprint density at radius 1 is 1.32 bits per heavy atom. The highest BCUT2D eigenvalue weighted by atomic mass is 16.3. The summed E-state index contributed by atoms with van der Waals surface area (Å²) in [5.74, 6) is 0.569. The van der Waals surface area contributed by atoms with E-state index in [0.717, 1.165) is 35.5 Å². The van der Waals surface area contributed by atoms with Crippen LogP contribution in [0.25, 0.3) is 0 Å². The van der Waals surface area contributed by atoms with Gasteiger partial charge in [0.15, 0.2) is 5.78 Å². The molecule has 0 unspecified atom stereocenters. The van der Waals surface area contributed by atoms with Gasteiger partial charge in [-0.1, -0.05) is 27.7 Å². The van der Waals surface area contributed by atoms with Crippen LogP contribution in [0.15, 0.2) is 0 Å². The second kappa shape index (κ2) is 7.32. The van der Waals surface area contributed by atoms with Crippen molar-refractivity contribution >= 4 is 11.7 Å². The molecule has 1 aromatic rings. The molecular formula is C20H32N2O3. The summed E-state index contributed by atoms with van der Waals surface area (Å²) >= 11 is 0. The molecule has 0 saturated heterocycles. The number of Topliss-reactive ketones (excluding diaryl/α,β-unsaturated/α-hetero) is 1. The van der Waals surface area contributed by atoms with Crippen LogP contribution in [-0.4, -0.2) is 46.5 Å². The van der Waals surface area contributed by atoms with Crippen LogP contribution in [0, 0.1) is 18.3 Å². The summed E-state index contributed by atoms with van der Waals surface area (Å²) in [5.41, 5.74) is 3.75. The van der Waals surface area contributed by atoms with Crippen LogP contribution in [0.5, 0.6) is 0 Å². The predicted molar refractivity (Wildman–Crippen MR) is 98.9 cm³/mol. The average Bonchev–Trinajstić information content (AvgIpc) is 2.71. The Hall–Kier alpha value is -1.62. The molecule has 0 atom stereocenters. The van der Waals surface area contributed by atoms with Crippen molar-refractivity contribution in [2.45, 2.75) is 60.4 Å². The second-order valence-electron chi connectivity index (χ2n) is 8.55. The number of ketones is 1. The van der Waals surface area contributed by atoms with E-state index in [4.69, 9.17) is 5.11 Å². The van der Waals surface area contributed by atoms with E-state index < -0.39 is 0 Å². The number of fused-ring (bicyclic) bond motifs is 1. The maximum Gasteiger partial charge on any atom is 0.226 e. The third-order valence-electron chi connectivity index (χ3n) is 5.06. The fourth-order valence-corrected chi connectivity index (χ4v) is 3.80. The number of aromatic nitrogens is 1. The van der Waals surface area contributed by atoms with E-state index in [2.05, 4.69) is 32.3 Å². The Balaban J connectivity index is 2.49. The number of carbonyl (C=O) groups is 2. The lowest BCUT2D eigenvalue weighted by atomic mass is 9.75. The lowest BCUT2D eigenvalue weighted by Gasteiger charge is -2.30. The molecular weight excluding hydrogens is 316 g/mol. The van der Waals surface area contributed by atoms with Crippen LogP contribution in [0.1, 0.15) is 61.4 Å². The first-order chi connectivity index (χ1) is 11.6. The minimum absolute atomic E-state index is 0.0431. The Morgan fingerprint density at radius 3 is 2.52 bits per heavy atom. The number of hydrogen-bond acceptors (Lipinski definition) is 3. The molecule has 5 heteroatoms. The third kappa shape index (κ3) is 4.14. The zero-order valence-electron chi connectivity index (χ0n) is 16.5. The lowest BCUT2D eigenvalue weighted by molar-refractivity contribution is -0.129. The van der Waals surface area contributed by atoms with E-state index in [9.17, 15) is 9.59 Å². The van der Waals surface area contributed by atoms with Gasteiger partial charge in [-0.3, -0.25) is 9.59 Å². The fraction of sp³-hybridized carbons (Fsp3) is 0.700. The molecule has 0 spiro atoms. The van der Waals surface area contributed by atoms with E-state index in [1.165, 1.54) is 4.90 Å². The van der Waals surface area contributed by atoms with Crippen molar-refractivity contribution in [1.29, 1.82) is 0 Å². The molecule has 1 aromatic heterocycles. The third-order valence-corrected chi connectivity index (χ3v) is 5.06. The minimum Gasteiger partial charge on any atom is -0.395 e. The van der Waals surface area contributed by atoms with Crippen molar-refractivity contribution in [2.75, 3.05) is 20.2 Å². The number of hydrogen-bond donors (Lipinski definition) is 1. The number of rotatable bonds is 6. The molecule has 2 rings (SSSR count). The van der Waals surface area contributed by atoms with Gasteiger partial charge >= 0.3 is 0 Å². The van der Waals surface area contributed by atoms with Gasteiger partial charge in [-0.15, -0.1) is 0 Å². The molecule has 0 bridgehead atoms. The molecule has 0 fully saturated rings. The normalized spacial score (nSPS) is 16.2. The van der Waals surface area contributed by atoms with Gasteiger partial charge in [-0.25, -0.2) is 0 Å². The van der Waals surface area contributed by atoms with E-state index in [-0.39, 0.29) is 30.1 Å². The zero-order valence-corrected chi connectivity index (χ0v) is 16.5. The molecule has 0 saturated carbocycles. The number of amides is 1. The van der Waals surface area contributed by atoms with Crippen molar-refractivity contribution in [1.82, 2.24) is 9.47 Å². The molecule has 25 heavy (non-hydrogen) atoms. The number of carbonyl (C=O) groups excluding carboxylic acids is 2. The van der Waals surface area contributed by atoms with Gasteiger partial charge in [0.1, 0.15) is 0 Å². The zero-order chi connectivity index (χ0) is 18.9. The molecule has 0 aromatic carbocycles. The smallest absolute Gasteiger partial charge is 0.226 e. The topological polar surface area (TPSA) is 62.5 Å². The maximum absolute atomic E-state index is 12.9. The number of aliphatic hydroxyl groups is 1. The van der Waals surface area contributed by atoms with Gasteiger partial charge in [0.05, 0.1) is 13.0 Å². The predicted octanol–water partition coefficient (Wildman–Crippen LogP) is 2.60. The molecule has 140 valence electrons. The molecule has 5 nitrogen and oxygen atoms in total. The Bertz CT molecular complexity index is 671. The summed E-state index contributed by atoms with van der Waals surface area (Å²) in [7, 11) is 1.69. The van der Waals surface area contributed by atoms with E-state index in [1.54, 1.807) is 7.05 Å². The van der Waals surface area contributed by atoms with Crippen molar-refractivity contribution in [3.05, 3.63) is 22.5 Å². The van der Waals surface area contributed by atoms with Gasteiger partial charge in [-0.05, 0) is 30.2 Å². The first-order valence-corrected chi connectivity index (χ1v) is 9.16. The van der Waals surface area contributed by atoms with Crippen LogP contribution in [0.3, 0.4) is 0 Å². The number of aliphatic hydroxyl groups excluding tert-OH is 1. The summed E-state index contributed by atoms with van der Waals surface area (Å²) in [6, 6.07) is 0. The molecule has 0 aliphatic heterocycles. The minimum atomic E-state index is -0.0562. The molecule has 1 aliphatic rings. The van der Waals surface area contributed by atoms with Gasteiger partial charge in [-0.2, -0.15) is 0 Å². The first kappa shape index (κ1) is 19.7. The van der Waals surface area contributed by atoms with Crippen molar-refractivity contribution in [3.8, 4) is 0 Å². The molecule has 1 aliphatic carbocycles. The fourth-order valence-electron chi connectivity index (χ4n) is 3.80. The summed E-state index contributed by atoms with van der Waals surface area (Å²) in [4.78, 5) is 26.9. The standard InChI is InChI=1S/C20H32N2O3/c1-13(2)12-22-14(3)15(9-18(25)21(6)7-8-23)19-16(22)10-20(4,5)11-17(19)24/h13,23H,7-12H2,1-6H3. The Morgan fingerprint density at radius 2 is 1.96 bits per heavy atom. The second-order valence-corrected chi connectivity index (χ2v) is 8.55. The van der Waals surface area contributed by atoms with Crippen LogP contribution >= 0.6 is 0 Å². The quantitative estimate of drug-likeness (QED) is 0.859. The Labute approximate surface area is 151 Å².